The molecule has 0 radical (unpaired) electrons. The van der Waals surface area contributed by atoms with Gasteiger partial charge in [-0.3, -0.25) is 4.79 Å². The SMILES string of the molecule is O=c1ccn(-c2ccccc2)c2ncccc12. The summed E-state index contributed by atoms with van der Waals surface area (Å²) >= 11 is 0. The molecule has 0 N–H and O–H groups in total. The number of hydrogen-bond acceptors (Lipinski definition) is 2. The number of pyridine rings is 2. The zero-order valence-corrected chi connectivity index (χ0v) is 9.08. The molecule has 0 spiro atoms. The van der Waals surface area contributed by atoms with E-state index in [1.54, 1.807) is 30.6 Å². The largest absolute Gasteiger partial charge is 0.301 e. The van der Waals surface area contributed by atoms with Crippen LogP contribution in [0.15, 0.2) is 65.7 Å². The molecular formula is C14H10N2O. The van der Waals surface area contributed by atoms with E-state index in [2.05, 4.69) is 4.98 Å². The van der Waals surface area contributed by atoms with Crippen molar-refractivity contribution in [2.24, 2.45) is 0 Å². The Morgan fingerprint density at radius 2 is 1.76 bits per heavy atom. The lowest BCUT2D eigenvalue weighted by atomic mass is 10.2. The van der Waals surface area contributed by atoms with Crippen molar-refractivity contribution in [3.63, 3.8) is 0 Å². The van der Waals surface area contributed by atoms with Gasteiger partial charge < -0.3 is 4.57 Å². The summed E-state index contributed by atoms with van der Waals surface area (Å²) in [5, 5.41) is 0.638. The van der Waals surface area contributed by atoms with Crippen molar-refractivity contribution in [2.45, 2.75) is 0 Å². The van der Waals surface area contributed by atoms with Crippen molar-refractivity contribution in [1.82, 2.24) is 9.55 Å². The van der Waals surface area contributed by atoms with Crippen LogP contribution in [-0.4, -0.2) is 9.55 Å². The molecule has 0 amide bonds. The molecule has 1 aromatic carbocycles. The van der Waals surface area contributed by atoms with Crippen LogP contribution in [0.5, 0.6) is 0 Å². The van der Waals surface area contributed by atoms with Crippen LogP contribution in [0.2, 0.25) is 0 Å². The minimum atomic E-state index is 0.000260. The van der Waals surface area contributed by atoms with Crippen LogP contribution >= 0.6 is 0 Å². The third kappa shape index (κ3) is 1.61. The number of para-hydroxylation sites is 1. The number of rotatable bonds is 1. The lowest BCUT2D eigenvalue weighted by Crippen LogP contribution is -2.07. The normalized spacial score (nSPS) is 10.6. The van der Waals surface area contributed by atoms with E-state index in [1.165, 1.54) is 0 Å². The van der Waals surface area contributed by atoms with Crippen LogP contribution in [0.3, 0.4) is 0 Å². The summed E-state index contributed by atoms with van der Waals surface area (Å²) in [6.07, 6.45) is 3.45. The molecule has 0 aliphatic rings. The van der Waals surface area contributed by atoms with Crippen LogP contribution < -0.4 is 5.43 Å². The Morgan fingerprint density at radius 1 is 0.941 bits per heavy atom. The second-order valence-electron chi connectivity index (χ2n) is 3.76. The Bertz CT molecular complexity index is 717. The summed E-state index contributed by atoms with van der Waals surface area (Å²) in [4.78, 5) is 16.0. The van der Waals surface area contributed by atoms with Gasteiger partial charge in [0.25, 0.3) is 0 Å². The molecule has 82 valence electrons. The summed E-state index contributed by atoms with van der Waals surface area (Å²) < 4.78 is 1.91. The fourth-order valence-corrected chi connectivity index (χ4v) is 1.88. The molecule has 0 saturated heterocycles. The fraction of sp³-hybridized carbons (Fsp3) is 0. The van der Waals surface area contributed by atoms with Crippen molar-refractivity contribution in [1.29, 1.82) is 0 Å². The second kappa shape index (κ2) is 3.87. The quantitative estimate of drug-likeness (QED) is 0.633. The first-order chi connectivity index (χ1) is 8.36. The van der Waals surface area contributed by atoms with Gasteiger partial charge in [-0.05, 0) is 24.3 Å². The average molecular weight is 222 g/mol. The molecule has 3 heteroatoms. The summed E-state index contributed by atoms with van der Waals surface area (Å²) in [7, 11) is 0. The first kappa shape index (κ1) is 9.78. The van der Waals surface area contributed by atoms with E-state index in [-0.39, 0.29) is 5.43 Å². The van der Waals surface area contributed by atoms with Gasteiger partial charge in [0.15, 0.2) is 5.43 Å². The number of fused-ring (bicyclic) bond motifs is 1. The molecule has 0 bridgehead atoms. The van der Waals surface area contributed by atoms with Gasteiger partial charge in [-0.2, -0.15) is 0 Å². The first-order valence-corrected chi connectivity index (χ1v) is 5.38. The van der Waals surface area contributed by atoms with Crippen LogP contribution in [0.25, 0.3) is 16.7 Å². The topological polar surface area (TPSA) is 34.9 Å². The lowest BCUT2D eigenvalue weighted by molar-refractivity contribution is 1.06. The van der Waals surface area contributed by atoms with Crippen molar-refractivity contribution in [2.75, 3.05) is 0 Å². The maximum Gasteiger partial charge on any atom is 0.191 e. The van der Waals surface area contributed by atoms with Gasteiger partial charge in [0.05, 0.1) is 5.39 Å². The van der Waals surface area contributed by atoms with E-state index in [4.69, 9.17) is 0 Å². The van der Waals surface area contributed by atoms with E-state index in [0.717, 1.165) is 5.69 Å². The fourth-order valence-electron chi connectivity index (χ4n) is 1.88. The molecule has 0 unspecified atom stereocenters. The zero-order valence-electron chi connectivity index (χ0n) is 9.08. The Labute approximate surface area is 98.0 Å². The highest BCUT2D eigenvalue weighted by atomic mass is 16.1. The lowest BCUT2D eigenvalue weighted by Gasteiger charge is -2.08. The Kier molecular flexibility index (Phi) is 2.22. The van der Waals surface area contributed by atoms with Gasteiger partial charge in [-0.1, -0.05) is 18.2 Å². The highest BCUT2D eigenvalue weighted by molar-refractivity contribution is 5.76. The molecule has 0 aliphatic carbocycles. The highest BCUT2D eigenvalue weighted by Crippen LogP contribution is 2.13. The molecule has 3 aromatic rings. The predicted octanol–water partition coefficient (Wildman–Crippen LogP) is 2.39. The molecular weight excluding hydrogens is 212 g/mol. The van der Waals surface area contributed by atoms with Gasteiger partial charge >= 0.3 is 0 Å². The molecule has 0 saturated carbocycles. The summed E-state index contributed by atoms with van der Waals surface area (Å²) in [6, 6.07) is 15.0. The van der Waals surface area contributed by atoms with Gasteiger partial charge in [0, 0.05) is 24.1 Å². The maximum absolute atomic E-state index is 11.7. The van der Waals surface area contributed by atoms with Crippen LogP contribution in [0, 0.1) is 0 Å². The summed E-state index contributed by atoms with van der Waals surface area (Å²) in [5.41, 5.74) is 1.68. The third-order valence-electron chi connectivity index (χ3n) is 2.69. The number of aromatic nitrogens is 2. The van der Waals surface area contributed by atoms with E-state index in [1.807, 2.05) is 34.9 Å². The van der Waals surface area contributed by atoms with Crippen molar-refractivity contribution in [3.05, 3.63) is 71.1 Å². The molecule has 0 atom stereocenters. The molecule has 3 nitrogen and oxygen atoms in total. The van der Waals surface area contributed by atoms with E-state index < -0.39 is 0 Å². The summed E-state index contributed by atoms with van der Waals surface area (Å²) in [5.74, 6) is 0. The van der Waals surface area contributed by atoms with E-state index in [0.29, 0.717) is 11.0 Å². The van der Waals surface area contributed by atoms with Crippen molar-refractivity contribution < 1.29 is 0 Å². The van der Waals surface area contributed by atoms with Gasteiger partial charge in [-0.25, -0.2) is 4.98 Å². The van der Waals surface area contributed by atoms with E-state index in [9.17, 15) is 4.79 Å². The molecule has 3 rings (SSSR count). The minimum absolute atomic E-state index is 0.000260. The molecule has 0 fully saturated rings. The van der Waals surface area contributed by atoms with E-state index >= 15 is 0 Å². The number of nitrogens with zero attached hydrogens (tertiary/aromatic N) is 2. The predicted molar refractivity (Wildman–Crippen MR) is 67.3 cm³/mol. The molecule has 2 aromatic heterocycles. The summed E-state index contributed by atoms with van der Waals surface area (Å²) in [6.45, 7) is 0. The number of benzene rings is 1. The standard InChI is InChI=1S/C14H10N2O/c17-13-8-10-16(11-5-2-1-3-6-11)14-12(13)7-4-9-15-14/h1-10H. The van der Waals surface area contributed by atoms with Crippen LogP contribution in [0.4, 0.5) is 0 Å². The highest BCUT2D eigenvalue weighted by Gasteiger charge is 2.03. The Hall–Kier alpha value is -2.42. The van der Waals surface area contributed by atoms with Crippen molar-refractivity contribution in [3.8, 4) is 5.69 Å². The van der Waals surface area contributed by atoms with Gasteiger partial charge in [0.2, 0.25) is 0 Å². The Morgan fingerprint density at radius 3 is 2.59 bits per heavy atom. The minimum Gasteiger partial charge on any atom is -0.301 e. The van der Waals surface area contributed by atoms with Gasteiger partial charge in [-0.15, -0.1) is 0 Å². The molecule has 2 heterocycles. The monoisotopic (exact) mass is 222 g/mol. The molecule has 0 aliphatic heterocycles. The maximum atomic E-state index is 11.7. The second-order valence-corrected chi connectivity index (χ2v) is 3.76. The Balaban J connectivity index is 2.39. The smallest absolute Gasteiger partial charge is 0.191 e. The first-order valence-electron chi connectivity index (χ1n) is 5.38. The number of hydrogen-bond donors (Lipinski definition) is 0. The third-order valence-corrected chi connectivity index (χ3v) is 2.69. The van der Waals surface area contributed by atoms with Crippen LogP contribution in [-0.2, 0) is 0 Å². The molecule has 17 heavy (non-hydrogen) atoms. The van der Waals surface area contributed by atoms with Gasteiger partial charge in [0.1, 0.15) is 5.65 Å². The average Bonchev–Trinajstić information content (AvgIpc) is 2.41. The zero-order chi connectivity index (χ0) is 11.7. The van der Waals surface area contributed by atoms with Crippen LogP contribution in [0.1, 0.15) is 0 Å². The van der Waals surface area contributed by atoms with Crippen molar-refractivity contribution >= 4 is 11.0 Å².